The lowest BCUT2D eigenvalue weighted by Gasteiger charge is -2.31. The van der Waals surface area contributed by atoms with Gasteiger partial charge in [-0.1, -0.05) is 60.7 Å². The predicted octanol–water partition coefficient (Wildman–Crippen LogP) is -2.14. The van der Waals surface area contributed by atoms with Crippen molar-refractivity contribution in [2.24, 2.45) is 11.5 Å². The molecule has 10 N–H and O–H groups in total. The molecule has 12 nitrogen and oxygen atoms in total. The van der Waals surface area contributed by atoms with Gasteiger partial charge < -0.3 is 47.1 Å². The minimum absolute atomic E-state index is 0.192. The number of amides is 1. The molecule has 2 aromatic rings. The number of ether oxygens (including phenoxy) is 1. The lowest BCUT2D eigenvalue weighted by Crippen LogP contribution is -2.58. The highest BCUT2D eigenvalue weighted by atomic mass is 16.5. The molecule has 0 saturated carbocycles. The maximum absolute atomic E-state index is 12.7. The van der Waals surface area contributed by atoms with Crippen molar-refractivity contribution in [3.63, 3.8) is 0 Å². The van der Waals surface area contributed by atoms with E-state index in [0.717, 1.165) is 5.56 Å². The van der Waals surface area contributed by atoms with E-state index in [-0.39, 0.29) is 18.8 Å². The van der Waals surface area contributed by atoms with Gasteiger partial charge in [-0.05, 0) is 11.1 Å². The van der Waals surface area contributed by atoms with Gasteiger partial charge in [0, 0.05) is 5.92 Å². The van der Waals surface area contributed by atoms with Crippen LogP contribution < -0.4 is 16.8 Å². The maximum Gasteiger partial charge on any atom is 0.321 e. The zero-order valence-electron chi connectivity index (χ0n) is 20.0. The van der Waals surface area contributed by atoms with Crippen LogP contribution in [0.3, 0.4) is 0 Å². The number of nitrogens with two attached hydrogens (primary N) is 2. The predicted molar refractivity (Wildman–Crippen MR) is 131 cm³/mol. The van der Waals surface area contributed by atoms with Crippen LogP contribution in [-0.4, -0.2) is 92.8 Å². The smallest absolute Gasteiger partial charge is 0.321 e. The van der Waals surface area contributed by atoms with Gasteiger partial charge in [-0.3, -0.25) is 14.4 Å². The number of ketones is 1. The summed E-state index contributed by atoms with van der Waals surface area (Å²) < 4.78 is 5.39. The fourth-order valence-corrected chi connectivity index (χ4v) is 3.65. The van der Waals surface area contributed by atoms with Crippen LogP contribution >= 0.6 is 0 Å². The van der Waals surface area contributed by atoms with E-state index in [1.807, 2.05) is 30.3 Å². The second-order valence-corrected chi connectivity index (χ2v) is 8.49. The van der Waals surface area contributed by atoms with Gasteiger partial charge in [0.05, 0.1) is 32.0 Å². The van der Waals surface area contributed by atoms with Gasteiger partial charge >= 0.3 is 5.97 Å². The number of rotatable bonds is 15. The first-order chi connectivity index (χ1) is 17.6. The third-order valence-corrected chi connectivity index (χ3v) is 5.78. The molecule has 0 aliphatic carbocycles. The normalized spacial score (nSPS) is 17.0. The van der Waals surface area contributed by atoms with E-state index in [1.54, 1.807) is 18.2 Å². The number of carbonyl (C=O) groups is 3. The topological polar surface area (TPSA) is 226 Å². The molecule has 7 atom stereocenters. The number of hydrogen-bond acceptors (Lipinski definition) is 10. The number of Topliss-reactive ketones (excluding diaryl/α,β-unsaturated/α-hetero) is 1. The first kappa shape index (κ1) is 30.0. The molecule has 0 aromatic heterocycles. The SMILES string of the molecule is N[C@H](C(=O)O)C(c1ccccc1)C(O)[C@@H](O)C(=O)[C@H](O)[C@H](CO)NC(=O)[C@@H](N)COCc1ccccc1. The van der Waals surface area contributed by atoms with Gasteiger partial charge in [-0.2, -0.15) is 0 Å². The number of aliphatic carboxylic acids is 1. The standard InChI is InChI=1S/C25H33N3O9/c26-16(13-37-12-14-7-3-1-4-8-14)24(34)28-17(11-29)20(30)22(32)23(33)21(31)18(19(27)25(35)36)15-9-5-2-6-10-15/h1-10,16-21,23,29-31,33H,11-13,26-27H2,(H,28,34)(H,35,36)/t16-,17-,18?,19-,20+,21?,23+/m0/s1. The molecule has 0 heterocycles. The van der Waals surface area contributed by atoms with Crippen molar-refractivity contribution in [2.45, 2.75) is 49.0 Å². The van der Waals surface area contributed by atoms with Crippen molar-refractivity contribution in [1.29, 1.82) is 0 Å². The summed E-state index contributed by atoms with van der Waals surface area (Å²) in [6.07, 6.45) is -6.48. The zero-order chi connectivity index (χ0) is 27.5. The largest absolute Gasteiger partial charge is 0.480 e. The number of benzene rings is 2. The molecule has 0 radical (unpaired) electrons. The van der Waals surface area contributed by atoms with Crippen LogP contribution in [-0.2, 0) is 25.7 Å². The van der Waals surface area contributed by atoms with Crippen LogP contribution in [0.1, 0.15) is 17.0 Å². The van der Waals surface area contributed by atoms with E-state index >= 15 is 0 Å². The molecule has 2 rings (SSSR count). The Morgan fingerprint density at radius 2 is 1.46 bits per heavy atom. The molecule has 12 heteroatoms. The Bertz CT molecular complexity index is 1010. The Morgan fingerprint density at radius 1 is 0.892 bits per heavy atom. The van der Waals surface area contributed by atoms with E-state index < -0.39 is 66.6 Å². The maximum atomic E-state index is 12.7. The molecule has 0 spiro atoms. The van der Waals surface area contributed by atoms with Crippen LogP contribution in [0.15, 0.2) is 60.7 Å². The van der Waals surface area contributed by atoms with Crippen molar-refractivity contribution in [3.8, 4) is 0 Å². The minimum atomic E-state index is -2.29. The first-order valence-electron chi connectivity index (χ1n) is 11.5. The number of carboxylic acid groups (broad SMARTS) is 1. The van der Waals surface area contributed by atoms with Crippen molar-refractivity contribution in [3.05, 3.63) is 71.8 Å². The summed E-state index contributed by atoms with van der Waals surface area (Å²) in [6, 6.07) is 12.3. The van der Waals surface area contributed by atoms with Crippen LogP contribution in [0.2, 0.25) is 0 Å². The summed E-state index contributed by atoms with van der Waals surface area (Å²) in [5.41, 5.74) is 12.6. The molecular weight excluding hydrogens is 486 g/mol. The average molecular weight is 520 g/mol. The summed E-state index contributed by atoms with van der Waals surface area (Å²) >= 11 is 0. The summed E-state index contributed by atoms with van der Waals surface area (Å²) in [5.74, 6) is -5.11. The van der Waals surface area contributed by atoms with Gasteiger partial charge in [0.2, 0.25) is 5.91 Å². The van der Waals surface area contributed by atoms with E-state index in [0.29, 0.717) is 0 Å². The fraction of sp³-hybridized carbons (Fsp3) is 0.400. The molecule has 2 aromatic carbocycles. The zero-order valence-corrected chi connectivity index (χ0v) is 20.0. The van der Waals surface area contributed by atoms with E-state index in [2.05, 4.69) is 5.32 Å². The molecule has 0 aliphatic heterocycles. The van der Waals surface area contributed by atoms with Crippen molar-refractivity contribution in [1.82, 2.24) is 5.32 Å². The lowest BCUT2D eigenvalue weighted by atomic mass is 9.82. The second kappa shape index (κ2) is 14.5. The summed E-state index contributed by atoms with van der Waals surface area (Å²) in [6.45, 7) is -0.913. The van der Waals surface area contributed by atoms with Crippen LogP contribution in [0.25, 0.3) is 0 Å². The van der Waals surface area contributed by atoms with Crippen molar-refractivity contribution in [2.75, 3.05) is 13.2 Å². The highest BCUT2D eigenvalue weighted by Gasteiger charge is 2.42. The Morgan fingerprint density at radius 3 is 2.00 bits per heavy atom. The molecule has 0 fully saturated rings. The third-order valence-electron chi connectivity index (χ3n) is 5.78. The number of carboxylic acids is 1. The lowest BCUT2D eigenvalue weighted by molar-refractivity contribution is -0.148. The molecule has 1 amide bonds. The van der Waals surface area contributed by atoms with Gasteiger partial charge in [-0.15, -0.1) is 0 Å². The van der Waals surface area contributed by atoms with Crippen molar-refractivity contribution >= 4 is 17.7 Å². The van der Waals surface area contributed by atoms with Crippen LogP contribution in [0.5, 0.6) is 0 Å². The second-order valence-electron chi connectivity index (χ2n) is 8.49. The van der Waals surface area contributed by atoms with Crippen molar-refractivity contribution < 1.29 is 44.7 Å². The summed E-state index contributed by atoms with van der Waals surface area (Å²) in [7, 11) is 0. The third kappa shape index (κ3) is 8.40. The Kier molecular flexibility index (Phi) is 11.8. The molecule has 0 bridgehead atoms. The monoisotopic (exact) mass is 519 g/mol. The Hall–Kier alpha value is -3.23. The summed E-state index contributed by atoms with van der Waals surface area (Å²) in [4.78, 5) is 36.6. The first-order valence-corrected chi connectivity index (χ1v) is 11.5. The molecular formula is C25H33N3O9. The number of aliphatic hydroxyl groups is 4. The number of aliphatic hydroxyl groups excluding tert-OH is 4. The number of hydrogen-bond donors (Lipinski definition) is 8. The van der Waals surface area contributed by atoms with Gasteiger partial charge in [-0.25, -0.2) is 0 Å². The van der Waals surface area contributed by atoms with Gasteiger partial charge in [0.25, 0.3) is 0 Å². The van der Waals surface area contributed by atoms with Gasteiger partial charge in [0.15, 0.2) is 5.78 Å². The van der Waals surface area contributed by atoms with E-state index in [4.69, 9.17) is 16.2 Å². The van der Waals surface area contributed by atoms with Crippen LogP contribution in [0.4, 0.5) is 0 Å². The highest BCUT2D eigenvalue weighted by molar-refractivity contribution is 5.90. The van der Waals surface area contributed by atoms with Gasteiger partial charge in [0.1, 0.15) is 24.3 Å². The van der Waals surface area contributed by atoms with E-state index in [9.17, 15) is 39.9 Å². The molecule has 2 unspecified atom stereocenters. The molecule has 37 heavy (non-hydrogen) atoms. The minimum Gasteiger partial charge on any atom is -0.480 e. The number of nitrogens with one attached hydrogen (secondary N) is 1. The number of carbonyl (C=O) groups excluding carboxylic acids is 2. The molecule has 0 saturated heterocycles. The highest BCUT2D eigenvalue weighted by Crippen LogP contribution is 2.26. The molecule has 202 valence electrons. The Labute approximate surface area is 213 Å². The average Bonchev–Trinajstić information content (AvgIpc) is 2.91. The quantitative estimate of drug-likeness (QED) is 0.127. The summed E-state index contributed by atoms with van der Waals surface area (Å²) in [5, 5.41) is 52.8. The van der Waals surface area contributed by atoms with Crippen LogP contribution in [0, 0.1) is 0 Å². The Balaban J connectivity index is 2.02. The molecule has 0 aliphatic rings. The fourth-order valence-electron chi connectivity index (χ4n) is 3.65. The van der Waals surface area contributed by atoms with E-state index in [1.165, 1.54) is 12.1 Å².